The van der Waals surface area contributed by atoms with Gasteiger partial charge in [-0.25, -0.2) is 9.97 Å². The molecule has 4 heteroatoms. The third-order valence-corrected chi connectivity index (χ3v) is 3.23. The van der Waals surface area contributed by atoms with Crippen LogP contribution in [0, 0.1) is 3.57 Å². The van der Waals surface area contributed by atoms with Crippen LogP contribution >= 0.6 is 22.6 Å². The molecule has 0 atom stereocenters. The average molecular weight is 319 g/mol. The van der Waals surface area contributed by atoms with Gasteiger partial charge in [-0.3, -0.25) is 0 Å². The first-order valence-electron chi connectivity index (χ1n) is 5.07. The predicted octanol–water partition coefficient (Wildman–Crippen LogP) is 3.08. The molecule has 1 aromatic rings. The summed E-state index contributed by atoms with van der Waals surface area (Å²) in [6, 6.07) is 0. The predicted molar refractivity (Wildman–Crippen MR) is 72.0 cm³/mol. The minimum atomic E-state index is -0.0535. The molecule has 2 N–H and O–H groups in total. The number of rotatable bonds is 1. The van der Waals surface area contributed by atoms with Crippen LogP contribution in [0.25, 0.3) is 0 Å². The Hall–Kier alpha value is -0.390. The molecule has 3 nitrogen and oxygen atoms in total. The summed E-state index contributed by atoms with van der Waals surface area (Å²) in [7, 11) is 0. The molecule has 0 aliphatic heterocycles. The summed E-state index contributed by atoms with van der Waals surface area (Å²) in [5, 5.41) is 0. The van der Waals surface area contributed by atoms with E-state index in [-0.39, 0.29) is 5.41 Å². The number of nitrogens with two attached hydrogens (primary N) is 1. The van der Waals surface area contributed by atoms with Crippen LogP contribution in [0.5, 0.6) is 0 Å². The first kappa shape index (κ1) is 12.7. The van der Waals surface area contributed by atoms with Crippen molar-refractivity contribution in [1.82, 2.24) is 9.97 Å². The number of nitrogens with zero attached hydrogens (tertiary/aromatic N) is 2. The first-order valence-corrected chi connectivity index (χ1v) is 6.14. The molecule has 15 heavy (non-hydrogen) atoms. The lowest BCUT2D eigenvalue weighted by Crippen LogP contribution is -2.19. The molecule has 1 heterocycles. The van der Waals surface area contributed by atoms with Gasteiger partial charge in [-0.2, -0.15) is 0 Å². The quantitative estimate of drug-likeness (QED) is 0.809. The maximum absolute atomic E-state index is 5.90. The molecule has 0 aliphatic rings. The SMILES string of the molecule is CC(C)c1nc(C(C)(C)C)nc(N)c1I. The number of nitrogen functional groups attached to an aromatic ring is 1. The van der Waals surface area contributed by atoms with Crippen molar-refractivity contribution in [2.45, 2.75) is 46.0 Å². The lowest BCUT2D eigenvalue weighted by molar-refractivity contribution is 0.539. The molecule has 1 rings (SSSR count). The van der Waals surface area contributed by atoms with E-state index in [9.17, 15) is 0 Å². The van der Waals surface area contributed by atoms with Crippen molar-refractivity contribution in [3.8, 4) is 0 Å². The molecule has 0 unspecified atom stereocenters. The number of halogens is 1. The molecular weight excluding hydrogens is 301 g/mol. The second-order valence-electron chi connectivity index (χ2n) is 5.04. The van der Waals surface area contributed by atoms with E-state index < -0.39 is 0 Å². The van der Waals surface area contributed by atoms with Crippen LogP contribution in [0.2, 0.25) is 0 Å². The van der Waals surface area contributed by atoms with Crippen LogP contribution in [0.3, 0.4) is 0 Å². The Morgan fingerprint density at radius 1 is 1.20 bits per heavy atom. The molecular formula is C11H18IN3. The summed E-state index contributed by atoms with van der Waals surface area (Å²) in [5.41, 5.74) is 6.89. The van der Waals surface area contributed by atoms with Crippen LogP contribution in [-0.2, 0) is 5.41 Å². The Bertz CT molecular complexity index is 367. The highest BCUT2D eigenvalue weighted by molar-refractivity contribution is 14.1. The number of anilines is 1. The zero-order chi connectivity index (χ0) is 11.8. The van der Waals surface area contributed by atoms with Crippen molar-refractivity contribution in [2.75, 3.05) is 5.73 Å². The molecule has 84 valence electrons. The van der Waals surface area contributed by atoms with Crippen molar-refractivity contribution >= 4 is 28.4 Å². The molecule has 1 aromatic heterocycles. The Kier molecular flexibility index (Phi) is 3.58. The monoisotopic (exact) mass is 319 g/mol. The minimum Gasteiger partial charge on any atom is -0.383 e. The number of hydrogen-bond acceptors (Lipinski definition) is 3. The standard InChI is InChI=1S/C11H18IN3/c1-6(2)8-7(12)9(13)15-10(14-8)11(3,4)5/h6H,1-5H3,(H2,13,14,15). The summed E-state index contributed by atoms with van der Waals surface area (Å²) in [4.78, 5) is 8.95. The Morgan fingerprint density at radius 3 is 2.13 bits per heavy atom. The van der Waals surface area contributed by atoms with Crippen molar-refractivity contribution in [1.29, 1.82) is 0 Å². The van der Waals surface area contributed by atoms with Gasteiger partial charge in [-0.15, -0.1) is 0 Å². The van der Waals surface area contributed by atoms with Gasteiger partial charge in [0.2, 0.25) is 0 Å². The first-order chi connectivity index (χ1) is 6.73. The van der Waals surface area contributed by atoms with Gasteiger partial charge in [-0.1, -0.05) is 34.6 Å². The van der Waals surface area contributed by atoms with Crippen LogP contribution in [-0.4, -0.2) is 9.97 Å². The lowest BCUT2D eigenvalue weighted by Gasteiger charge is -2.19. The highest BCUT2D eigenvalue weighted by Crippen LogP contribution is 2.27. The van der Waals surface area contributed by atoms with E-state index in [1.807, 2.05) is 0 Å². The summed E-state index contributed by atoms with van der Waals surface area (Å²) in [6.45, 7) is 10.5. The average Bonchev–Trinajstić information content (AvgIpc) is 2.06. The zero-order valence-electron chi connectivity index (χ0n) is 9.93. The van der Waals surface area contributed by atoms with E-state index >= 15 is 0 Å². The fourth-order valence-corrected chi connectivity index (χ4v) is 2.06. The molecule has 0 saturated heterocycles. The van der Waals surface area contributed by atoms with Gasteiger partial charge >= 0.3 is 0 Å². The number of aromatic nitrogens is 2. The summed E-state index contributed by atoms with van der Waals surface area (Å²) >= 11 is 2.21. The van der Waals surface area contributed by atoms with Gasteiger partial charge in [0.15, 0.2) is 0 Å². The van der Waals surface area contributed by atoms with E-state index in [2.05, 4.69) is 67.2 Å². The fraction of sp³-hybridized carbons (Fsp3) is 0.636. The molecule has 0 bridgehead atoms. The molecule has 0 radical (unpaired) electrons. The van der Waals surface area contributed by atoms with Crippen LogP contribution in [0.15, 0.2) is 0 Å². The second-order valence-corrected chi connectivity index (χ2v) is 6.12. The second kappa shape index (κ2) is 4.23. The third kappa shape index (κ3) is 2.80. The van der Waals surface area contributed by atoms with Gasteiger partial charge in [0, 0.05) is 5.41 Å². The molecule has 0 saturated carbocycles. The van der Waals surface area contributed by atoms with Crippen LogP contribution < -0.4 is 5.73 Å². The van der Waals surface area contributed by atoms with Gasteiger partial charge in [0.1, 0.15) is 11.6 Å². The van der Waals surface area contributed by atoms with E-state index in [0.717, 1.165) is 15.1 Å². The van der Waals surface area contributed by atoms with Gasteiger partial charge in [0.25, 0.3) is 0 Å². The highest BCUT2D eigenvalue weighted by Gasteiger charge is 2.21. The molecule has 0 amide bonds. The zero-order valence-corrected chi connectivity index (χ0v) is 12.1. The molecule has 0 spiro atoms. The van der Waals surface area contributed by atoms with Crippen molar-refractivity contribution in [3.63, 3.8) is 0 Å². The Morgan fingerprint density at radius 2 is 1.73 bits per heavy atom. The highest BCUT2D eigenvalue weighted by atomic mass is 127. The molecule has 0 fully saturated rings. The third-order valence-electron chi connectivity index (χ3n) is 2.12. The topological polar surface area (TPSA) is 51.8 Å². The van der Waals surface area contributed by atoms with E-state index in [0.29, 0.717) is 11.7 Å². The van der Waals surface area contributed by atoms with Crippen LogP contribution in [0.1, 0.15) is 52.1 Å². The summed E-state index contributed by atoms with van der Waals surface area (Å²) in [5.74, 6) is 1.80. The summed E-state index contributed by atoms with van der Waals surface area (Å²) in [6.07, 6.45) is 0. The van der Waals surface area contributed by atoms with E-state index in [4.69, 9.17) is 5.73 Å². The van der Waals surface area contributed by atoms with Crippen LogP contribution in [0.4, 0.5) is 5.82 Å². The molecule has 0 aromatic carbocycles. The van der Waals surface area contributed by atoms with Gasteiger partial charge < -0.3 is 5.73 Å². The minimum absolute atomic E-state index is 0.0535. The van der Waals surface area contributed by atoms with Crippen molar-refractivity contribution < 1.29 is 0 Å². The Balaban J connectivity index is 3.36. The smallest absolute Gasteiger partial charge is 0.140 e. The maximum atomic E-state index is 5.90. The largest absolute Gasteiger partial charge is 0.383 e. The number of hydrogen-bond donors (Lipinski definition) is 1. The van der Waals surface area contributed by atoms with Crippen molar-refractivity contribution in [3.05, 3.63) is 15.1 Å². The van der Waals surface area contributed by atoms with Crippen molar-refractivity contribution in [2.24, 2.45) is 0 Å². The normalized spacial score (nSPS) is 12.2. The maximum Gasteiger partial charge on any atom is 0.140 e. The lowest BCUT2D eigenvalue weighted by atomic mass is 9.95. The van der Waals surface area contributed by atoms with Gasteiger partial charge in [-0.05, 0) is 28.5 Å². The Labute approximate surface area is 105 Å². The summed E-state index contributed by atoms with van der Waals surface area (Å²) < 4.78 is 0.982. The van der Waals surface area contributed by atoms with Gasteiger partial charge in [0.05, 0.1) is 9.26 Å². The van der Waals surface area contributed by atoms with E-state index in [1.54, 1.807) is 0 Å². The molecule has 0 aliphatic carbocycles. The van der Waals surface area contributed by atoms with E-state index in [1.165, 1.54) is 0 Å². The fourth-order valence-electron chi connectivity index (χ4n) is 1.20.